The van der Waals surface area contributed by atoms with Gasteiger partial charge in [-0.15, -0.1) is 0 Å². The molecule has 0 fully saturated rings. The number of fused-ring (bicyclic) bond motifs is 1. The fraction of sp³-hybridized carbons (Fsp3) is 0. The Hall–Kier alpha value is -1.84. The van der Waals surface area contributed by atoms with E-state index in [0.717, 1.165) is 0 Å². The number of pyridine rings is 2. The predicted molar refractivity (Wildman–Crippen MR) is 44.0 cm³/mol. The zero-order chi connectivity index (χ0) is 8.55. The Morgan fingerprint density at radius 1 is 1.50 bits per heavy atom. The summed E-state index contributed by atoms with van der Waals surface area (Å²) in [4.78, 5) is 17.0. The van der Waals surface area contributed by atoms with Crippen LogP contribution in [0.1, 0.15) is 0 Å². The fourth-order valence-electron chi connectivity index (χ4n) is 1.09. The van der Waals surface area contributed by atoms with Crippen LogP contribution in [0, 0.1) is 0 Å². The third-order valence-corrected chi connectivity index (χ3v) is 1.64. The number of aromatic nitrogens is 2. The van der Waals surface area contributed by atoms with E-state index in [9.17, 15) is 9.90 Å². The molecule has 2 aromatic heterocycles. The third kappa shape index (κ3) is 0.934. The van der Waals surface area contributed by atoms with Crippen molar-refractivity contribution < 1.29 is 5.11 Å². The number of rotatable bonds is 0. The van der Waals surface area contributed by atoms with Crippen molar-refractivity contribution >= 4 is 10.8 Å². The highest BCUT2D eigenvalue weighted by Gasteiger charge is 1.99. The van der Waals surface area contributed by atoms with E-state index < -0.39 is 0 Å². The molecule has 2 heterocycles. The molecule has 0 spiro atoms. The molecule has 4 heteroatoms. The van der Waals surface area contributed by atoms with Crippen molar-refractivity contribution in [2.75, 3.05) is 0 Å². The lowest BCUT2D eigenvalue weighted by Gasteiger charge is -1.97. The van der Waals surface area contributed by atoms with Crippen LogP contribution in [0.15, 0.2) is 29.3 Å². The van der Waals surface area contributed by atoms with Crippen molar-refractivity contribution in [1.82, 2.24) is 9.97 Å². The van der Waals surface area contributed by atoms with Gasteiger partial charge in [0.2, 0.25) is 5.88 Å². The Bertz CT molecular complexity index is 476. The Morgan fingerprint density at radius 2 is 2.33 bits per heavy atom. The van der Waals surface area contributed by atoms with Gasteiger partial charge in [0.25, 0.3) is 5.56 Å². The van der Waals surface area contributed by atoms with Gasteiger partial charge in [0.15, 0.2) is 0 Å². The quantitative estimate of drug-likeness (QED) is 0.597. The molecule has 0 atom stereocenters. The fourth-order valence-corrected chi connectivity index (χ4v) is 1.09. The summed E-state index contributed by atoms with van der Waals surface area (Å²) in [6, 6.07) is 3.08. The summed E-state index contributed by atoms with van der Waals surface area (Å²) in [5.41, 5.74) is -0.314. The molecule has 2 aromatic rings. The Labute approximate surface area is 67.5 Å². The monoisotopic (exact) mass is 162 g/mol. The smallest absolute Gasteiger partial charge is 0.251 e. The standard InChI is InChI=1S/C8H6N2O2/c11-7-3-5-1-2-9-4-6(5)8(12)10-7/h1-4H,(H2,10,11,12). The van der Waals surface area contributed by atoms with E-state index in [-0.39, 0.29) is 11.4 Å². The molecule has 0 radical (unpaired) electrons. The molecule has 12 heavy (non-hydrogen) atoms. The van der Waals surface area contributed by atoms with Gasteiger partial charge in [-0.1, -0.05) is 0 Å². The first-order chi connectivity index (χ1) is 5.77. The maximum Gasteiger partial charge on any atom is 0.251 e. The lowest BCUT2D eigenvalue weighted by atomic mass is 10.2. The number of aromatic hydroxyl groups is 1. The minimum Gasteiger partial charge on any atom is -0.494 e. The first-order valence-electron chi connectivity index (χ1n) is 3.43. The van der Waals surface area contributed by atoms with Crippen molar-refractivity contribution in [3.8, 4) is 5.88 Å². The first-order valence-corrected chi connectivity index (χ1v) is 3.43. The van der Waals surface area contributed by atoms with E-state index in [1.807, 2.05) is 0 Å². The van der Waals surface area contributed by atoms with Crippen molar-refractivity contribution in [3.63, 3.8) is 0 Å². The Kier molecular flexibility index (Phi) is 1.33. The lowest BCUT2D eigenvalue weighted by molar-refractivity contribution is 0.458. The second-order valence-corrected chi connectivity index (χ2v) is 2.45. The van der Waals surface area contributed by atoms with Gasteiger partial charge < -0.3 is 5.11 Å². The lowest BCUT2D eigenvalue weighted by Crippen LogP contribution is -2.02. The molecule has 0 unspecified atom stereocenters. The van der Waals surface area contributed by atoms with Gasteiger partial charge >= 0.3 is 0 Å². The summed E-state index contributed by atoms with van der Waals surface area (Å²) < 4.78 is 0. The summed E-state index contributed by atoms with van der Waals surface area (Å²) >= 11 is 0. The molecule has 0 aliphatic carbocycles. The molecule has 0 aromatic carbocycles. The van der Waals surface area contributed by atoms with E-state index in [1.165, 1.54) is 12.3 Å². The minimum atomic E-state index is -0.314. The molecule has 2 rings (SSSR count). The van der Waals surface area contributed by atoms with Crippen LogP contribution in [0.3, 0.4) is 0 Å². The highest BCUT2D eigenvalue weighted by atomic mass is 16.3. The van der Waals surface area contributed by atoms with Crippen molar-refractivity contribution in [3.05, 3.63) is 34.9 Å². The summed E-state index contributed by atoms with van der Waals surface area (Å²) in [6.07, 6.45) is 3.07. The van der Waals surface area contributed by atoms with E-state index in [0.29, 0.717) is 10.8 Å². The van der Waals surface area contributed by atoms with Crippen LogP contribution in [-0.2, 0) is 0 Å². The van der Waals surface area contributed by atoms with Crippen LogP contribution in [0.5, 0.6) is 5.88 Å². The van der Waals surface area contributed by atoms with Crippen LogP contribution < -0.4 is 5.56 Å². The normalized spacial score (nSPS) is 10.3. The average Bonchev–Trinajstić information content (AvgIpc) is 2.04. The number of nitrogens with one attached hydrogen (secondary N) is 1. The molecule has 0 aliphatic rings. The molecular formula is C8H6N2O2. The van der Waals surface area contributed by atoms with E-state index >= 15 is 0 Å². The van der Waals surface area contributed by atoms with Crippen molar-refractivity contribution in [1.29, 1.82) is 0 Å². The molecule has 60 valence electrons. The average molecular weight is 162 g/mol. The second-order valence-electron chi connectivity index (χ2n) is 2.45. The van der Waals surface area contributed by atoms with Gasteiger partial charge in [0.1, 0.15) is 0 Å². The number of hydrogen-bond donors (Lipinski definition) is 2. The maximum absolute atomic E-state index is 10.9. The molecule has 0 saturated carbocycles. The van der Waals surface area contributed by atoms with Crippen molar-refractivity contribution in [2.24, 2.45) is 0 Å². The number of aromatic amines is 1. The van der Waals surface area contributed by atoms with E-state index in [4.69, 9.17) is 0 Å². The van der Waals surface area contributed by atoms with Crippen LogP contribution in [-0.4, -0.2) is 15.1 Å². The highest BCUT2D eigenvalue weighted by molar-refractivity contribution is 5.85. The molecule has 0 aliphatic heterocycles. The summed E-state index contributed by atoms with van der Waals surface area (Å²) in [5.74, 6) is -0.134. The summed E-state index contributed by atoms with van der Waals surface area (Å²) in [6.45, 7) is 0. The Balaban J connectivity index is 2.99. The number of hydrogen-bond acceptors (Lipinski definition) is 3. The van der Waals surface area contributed by atoms with E-state index in [1.54, 1.807) is 12.3 Å². The largest absolute Gasteiger partial charge is 0.494 e. The number of H-pyrrole nitrogens is 1. The second kappa shape index (κ2) is 2.34. The molecular weight excluding hydrogens is 156 g/mol. The highest BCUT2D eigenvalue weighted by Crippen LogP contribution is 2.17. The zero-order valence-electron chi connectivity index (χ0n) is 6.11. The maximum atomic E-state index is 10.9. The van der Waals surface area contributed by atoms with Gasteiger partial charge in [-0.3, -0.25) is 14.8 Å². The van der Waals surface area contributed by atoms with Gasteiger partial charge in [0.05, 0.1) is 5.39 Å². The Morgan fingerprint density at radius 3 is 3.17 bits per heavy atom. The van der Waals surface area contributed by atoms with Crippen LogP contribution in [0.4, 0.5) is 0 Å². The molecule has 2 N–H and O–H groups in total. The van der Waals surface area contributed by atoms with E-state index in [2.05, 4.69) is 9.97 Å². The predicted octanol–water partition coefficient (Wildman–Crippen LogP) is 0.629. The van der Waals surface area contributed by atoms with Gasteiger partial charge in [-0.2, -0.15) is 0 Å². The summed E-state index contributed by atoms with van der Waals surface area (Å²) in [7, 11) is 0. The molecule has 0 bridgehead atoms. The van der Waals surface area contributed by atoms with Gasteiger partial charge in [0, 0.05) is 18.5 Å². The molecule has 4 nitrogen and oxygen atoms in total. The van der Waals surface area contributed by atoms with Crippen LogP contribution in [0.25, 0.3) is 10.8 Å². The summed E-state index contributed by atoms with van der Waals surface area (Å²) in [5, 5.41) is 10.5. The molecule has 0 saturated heterocycles. The van der Waals surface area contributed by atoms with Gasteiger partial charge in [-0.25, -0.2) is 0 Å². The van der Waals surface area contributed by atoms with Gasteiger partial charge in [-0.05, 0) is 11.5 Å². The van der Waals surface area contributed by atoms with Crippen LogP contribution in [0.2, 0.25) is 0 Å². The SMILES string of the molecule is O=c1cc2ccncc2c(O)[nH]1. The van der Waals surface area contributed by atoms with Crippen molar-refractivity contribution in [2.45, 2.75) is 0 Å². The molecule has 0 amide bonds. The minimum absolute atomic E-state index is 0.134. The third-order valence-electron chi connectivity index (χ3n) is 1.64. The topological polar surface area (TPSA) is 66.0 Å². The van der Waals surface area contributed by atoms with Crippen LogP contribution >= 0.6 is 0 Å². The number of nitrogens with zero attached hydrogens (tertiary/aromatic N) is 1. The first kappa shape index (κ1) is 6.84. The zero-order valence-corrected chi connectivity index (χ0v) is 6.11.